The van der Waals surface area contributed by atoms with Crippen LogP contribution in [0, 0.1) is 5.92 Å². The van der Waals surface area contributed by atoms with Gasteiger partial charge in [0.25, 0.3) is 5.56 Å². The molecule has 1 aliphatic carbocycles. The van der Waals surface area contributed by atoms with Crippen LogP contribution in [0.2, 0.25) is 0 Å². The Bertz CT molecular complexity index is 805. The molecule has 0 aromatic carbocycles. The van der Waals surface area contributed by atoms with Gasteiger partial charge in [0.2, 0.25) is 0 Å². The first kappa shape index (κ1) is 16.6. The van der Waals surface area contributed by atoms with E-state index in [9.17, 15) is 4.79 Å². The molecule has 0 unspecified atom stereocenters. The molecule has 2 aliphatic rings. The van der Waals surface area contributed by atoms with Crippen molar-refractivity contribution in [1.82, 2.24) is 9.55 Å². The minimum atomic E-state index is 0.151. The number of aryl methyl sites for hydroxylation is 1. The van der Waals surface area contributed by atoms with Gasteiger partial charge in [-0.05, 0) is 49.3 Å². The molecule has 6 heteroatoms. The summed E-state index contributed by atoms with van der Waals surface area (Å²) in [6.45, 7) is 5.87. The van der Waals surface area contributed by atoms with Crippen LogP contribution in [0.5, 0.6) is 0 Å². The molecular formula is C18H24N2O2S2. The third-order valence-corrected chi connectivity index (χ3v) is 7.07. The lowest BCUT2D eigenvalue weighted by Gasteiger charge is -2.18. The standard InChI is InChI=1S/C18H24N2O2S2/c1-3-23-18-19-16-15(13-7-6-11(2)9-14(13)24-16)17(21)20(18)10-12-5-4-8-22-12/h11-12H,3-10H2,1-2H3/t11-,12+/m0/s1. The number of hydrogen-bond acceptors (Lipinski definition) is 5. The lowest BCUT2D eigenvalue weighted by Crippen LogP contribution is -2.29. The molecular weight excluding hydrogens is 340 g/mol. The summed E-state index contributed by atoms with van der Waals surface area (Å²) in [7, 11) is 0. The summed E-state index contributed by atoms with van der Waals surface area (Å²) in [4.78, 5) is 20.5. The molecule has 0 N–H and O–H groups in total. The van der Waals surface area contributed by atoms with Gasteiger partial charge in [0, 0.05) is 11.5 Å². The van der Waals surface area contributed by atoms with Crippen molar-refractivity contribution in [1.29, 1.82) is 0 Å². The largest absolute Gasteiger partial charge is 0.376 e. The lowest BCUT2D eigenvalue weighted by molar-refractivity contribution is 0.0937. The van der Waals surface area contributed by atoms with Gasteiger partial charge < -0.3 is 4.74 Å². The highest BCUT2D eigenvalue weighted by Crippen LogP contribution is 2.36. The van der Waals surface area contributed by atoms with Crippen LogP contribution in [0.25, 0.3) is 10.2 Å². The van der Waals surface area contributed by atoms with Crippen LogP contribution in [0.1, 0.15) is 43.6 Å². The van der Waals surface area contributed by atoms with Gasteiger partial charge in [-0.15, -0.1) is 11.3 Å². The molecule has 4 nitrogen and oxygen atoms in total. The van der Waals surface area contributed by atoms with Gasteiger partial charge >= 0.3 is 0 Å². The number of thioether (sulfide) groups is 1. The van der Waals surface area contributed by atoms with Gasteiger partial charge in [-0.1, -0.05) is 25.6 Å². The van der Waals surface area contributed by atoms with Gasteiger partial charge in [-0.25, -0.2) is 4.98 Å². The third-order valence-electron chi connectivity index (χ3n) is 5.06. The zero-order chi connectivity index (χ0) is 16.7. The van der Waals surface area contributed by atoms with E-state index in [0.717, 1.165) is 53.4 Å². The molecule has 0 spiro atoms. The van der Waals surface area contributed by atoms with Crippen molar-refractivity contribution in [3.63, 3.8) is 0 Å². The monoisotopic (exact) mass is 364 g/mol. The molecule has 2 aromatic rings. The summed E-state index contributed by atoms with van der Waals surface area (Å²) in [5, 5.41) is 1.75. The van der Waals surface area contributed by atoms with Crippen LogP contribution < -0.4 is 5.56 Å². The Morgan fingerprint density at radius 1 is 1.42 bits per heavy atom. The predicted molar refractivity (Wildman–Crippen MR) is 100 cm³/mol. The molecule has 3 heterocycles. The van der Waals surface area contributed by atoms with E-state index in [1.165, 1.54) is 16.9 Å². The van der Waals surface area contributed by atoms with E-state index < -0.39 is 0 Å². The van der Waals surface area contributed by atoms with Crippen LogP contribution >= 0.6 is 23.1 Å². The maximum absolute atomic E-state index is 13.3. The Balaban J connectivity index is 1.84. The van der Waals surface area contributed by atoms with Crippen molar-refractivity contribution in [2.75, 3.05) is 12.4 Å². The van der Waals surface area contributed by atoms with Gasteiger partial charge in [-0.3, -0.25) is 9.36 Å². The summed E-state index contributed by atoms with van der Waals surface area (Å²) in [5.74, 6) is 1.63. The summed E-state index contributed by atoms with van der Waals surface area (Å²) < 4.78 is 7.66. The number of aromatic nitrogens is 2. The van der Waals surface area contributed by atoms with E-state index in [1.54, 1.807) is 23.1 Å². The number of hydrogen-bond donors (Lipinski definition) is 0. The summed E-state index contributed by atoms with van der Waals surface area (Å²) >= 11 is 3.40. The second-order valence-corrected chi connectivity index (χ2v) is 9.22. The van der Waals surface area contributed by atoms with Gasteiger partial charge in [-0.2, -0.15) is 0 Å². The molecule has 2 atom stereocenters. The zero-order valence-electron chi connectivity index (χ0n) is 14.3. The number of fused-ring (bicyclic) bond motifs is 3. The highest BCUT2D eigenvalue weighted by atomic mass is 32.2. The van der Waals surface area contributed by atoms with Crippen molar-refractivity contribution in [3.8, 4) is 0 Å². The third kappa shape index (κ3) is 2.93. The SMILES string of the molecule is CCSc1nc2sc3c(c2c(=O)n1C[C@H]1CCCO1)CC[C@H](C)C3. The van der Waals surface area contributed by atoms with E-state index in [1.807, 2.05) is 4.57 Å². The van der Waals surface area contributed by atoms with Crippen LogP contribution in [0.15, 0.2) is 9.95 Å². The Morgan fingerprint density at radius 2 is 2.29 bits per heavy atom. The average molecular weight is 365 g/mol. The summed E-state index contributed by atoms with van der Waals surface area (Å²) in [6.07, 6.45) is 5.59. The molecule has 1 saturated heterocycles. The molecule has 130 valence electrons. The Morgan fingerprint density at radius 3 is 3.04 bits per heavy atom. The topological polar surface area (TPSA) is 44.1 Å². The van der Waals surface area contributed by atoms with Gasteiger partial charge in [0.15, 0.2) is 5.16 Å². The molecule has 0 radical (unpaired) electrons. The molecule has 1 fully saturated rings. The molecule has 2 aromatic heterocycles. The Labute approximate surface area is 150 Å². The van der Waals surface area contributed by atoms with E-state index >= 15 is 0 Å². The van der Waals surface area contributed by atoms with E-state index in [-0.39, 0.29) is 11.7 Å². The quantitative estimate of drug-likeness (QED) is 0.610. The van der Waals surface area contributed by atoms with E-state index in [4.69, 9.17) is 9.72 Å². The lowest BCUT2D eigenvalue weighted by atomic mass is 9.89. The van der Waals surface area contributed by atoms with Gasteiger partial charge in [0.05, 0.1) is 18.0 Å². The molecule has 24 heavy (non-hydrogen) atoms. The van der Waals surface area contributed by atoms with Crippen molar-refractivity contribution < 1.29 is 4.74 Å². The Hall–Kier alpha value is -0.850. The van der Waals surface area contributed by atoms with Crippen molar-refractivity contribution in [3.05, 3.63) is 20.8 Å². The van der Waals surface area contributed by atoms with Crippen LogP contribution in [0.4, 0.5) is 0 Å². The molecule has 1 aliphatic heterocycles. The zero-order valence-corrected chi connectivity index (χ0v) is 16.0. The number of ether oxygens (including phenoxy) is 1. The molecule has 0 bridgehead atoms. The number of nitrogens with zero attached hydrogens (tertiary/aromatic N) is 2. The smallest absolute Gasteiger partial charge is 0.263 e. The predicted octanol–water partition coefficient (Wildman–Crippen LogP) is 3.87. The van der Waals surface area contributed by atoms with Crippen LogP contribution in [0.3, 0.4) is 0 Å². The number of thiophene rings is 1. The maximum Gasteiger partial charge on any atom is 0.263 e. The molecule has 0 amide bonds. The van der Waals surface area contributed by atoms with Crippen LogP contribution in [-0.4, -0.2) is 28.0 Å². The first-order valence-electron chi connectivity index (χ1n) is 8.96. The summed E-state index contributed by atoms with van der Waals surface area (Å²) in [5.41, 5.74) is 1.43. The normalized spacial score (nSPS) is 23.8. The average Bonchev–Trinajstić information content (AvgIpc) is 3.17. The minimum Gasteiger partial charge on any atom is -0.376 e. The second kappa shape index (κ2) is 6.81. The fourth-order valence-corrected chi connectivity index (χ4v) is 5.96. The van der Waals surface area contributed by atoms with E-state index in [2.05, 4.69) is 13.8 Å². The minimum absolute atomic E-state index is 0.151. The fourth-order valence-electron chi connectivity index (χ4n) is 3.80. The first-order chi connectivity index (χ1) is 11.7. The van der Waals surface area contributed by atoms with Crippen LogP contribution in [-0.2, 0) is 24.1 Å². The maximum atomic E-state index is 13.3. The van der Waals surface area contributed by atoms with E-state index in [0.29, 0.717) is 12.5 Å². The second-order valence-electron chi connectivity index (χ2n) is 6.91. The first-order valence-corrected chi connectivity index (χ1v) is 10.8. The fraction of sp³-hybridized carbons (Fsp3) is 0.667. The Kier molecular flexibility index (Phi) is 4.71. The van der Waals surface area contributed by atoms with Crippen molar-refractivity contribution >= 4 is 33.3 Å². The summed E-state index contributed by atoms with van der Waals surface area (Å²) in [6, 6.07) is 0. The highest BCUT2D eigenvalue weighted by Gasteiger charge is 2.26. The number of rotatable bonds is 4. The van der Waals surface area contributed by atoms with Crippen molar-refractivity contribution in [2.24, 2.45) is 5.92 Å². The molecule has 0 saturated carbocycles. The van der Waals surface area contributed by atoms with Gasteiger partial charge in [0.1, 0.15) is 4.83 Å². The highest BCUT2D eigenvalue weighted by molar-refractivity contribution is 7.99. The van der Waals surface area contributed by atoms with Crippen molar-refractivity contribution in [2.45, 2.75) is 63.8 Å². The molecule has 4 rings (SSSR count).